The summed E-state index contributed by atoms with van der Waals surface area (Å²) in [5, 5.41) is 7.69. The van der Waals surface area contributed by atoms with E-state index in [2.05, 4.69) is 31.1 Å². The highest BCUT2D eigenvalue weighted by Gasteiger charge is 2.17. The molecular weight excluding hydrogens is 340 g/mol. The average Bonchev–Trinajstić information content (AvgIpc) is 2.84. The number of benzene rings is 1. The summed E-state index contributed by atoms with van der Waals surface area (Å²) in [5.41, 5.74) is 9.39. The van der Waals surface area contributed by atoms with E-state index in [0.717, 1.165) is 26.9 Å². The summed E-state index contributed by atoms with van der Waals surface area (Å²) in [5.74, 6) is 0.433. The Kier molecular flexibility index (Phi) is 3.46. The zero-order valence-corrected chi connectivity index (χ0v) is 12.6. The summed E-state index contributed by atoms with van der Waals surface area (Å²) in [6.45, 7) is 0. The van der Waals surface area contributed by atoms with Gasteiger partial charge < -0.3 is 5.73 Å². The Hall–Kier alpha value is -1.85. The molecule has 3 rings (SSSR count). The highest BCUT2D eigenvalue weighted by Crippen LogP contribution is 2.38. The maximum Gasteiger partial charge on any atom is 0.153 e. The van der Waals surface area contributed by atoms with E-state index in [0.29, 0.717) is 10.8 Å². The van der Waals surface area contributed by atoms with E-state index in [1.165, 1.54) is 0 Å². The minimum atomic E-state index is 0.433. The van der Waals surface area contributed by atoms with Crippen molar-refractivity contribution in [2.24, 2.45) is 0 Å². The number of aromatic nitrogens is 3. The van der Waals surface area contributed by atoms with Crippen LogP contribution in [0.5, 0.6) is 0 Å². The van der Waals surface area contributed by atoms with Gasteiger partial charge in [-0.05, 0) is 35.9 Å². The summed E-state index contributed by atoms with van der Waals surface area (Å²) in [4.78, 5) is 4.01. The van der Waals surface area contributed by atoms with Gasteiger partial charge in [0.2, 0.25) is 0 Å². The van der Waals surface area contributed by atoms with Gasteiger partial charge in [-0.25, -0.2) is 0 Å². The lowest BCUT2D eigenvalue weighted by Gasteiger charge is -2.07. The fourth-order valence-electron chi connectivity index (χ4n) is 2.05. The number of hydrogen-bond acceptors (Lipinski definition) is 3. The first kappa shape index (κ1) is 13.1. The predicted molar refractivity (Wildman–Crippen MR) is 84.4 cm³/mol. The summed E-state index contributed by atoms with van der Waals surface area (Å²) < 4.78 is 0.936. The van der Waals surface area contributed by atoms with Gasteiger partial charge in [0.1, 0.15) is 0 Å². The minimum absolute atomic E-state index is 0.433. The zero-order valence-electron chi connectivity index (χ0n) is 10.3. The number of rotatable bonds is 2. The molecule has 0 atom stereocenters. The molecule has 3 aromatic rings. The van der Waals surface area contributed by atoms with Crippen LogP contribution >= 0.6 is 27.5 Å². The highest BCUT2D eigenvalue weighted by molar-refractivity contribution is 9.10. The van der Waals surface area contributed by atoms with Crippen LogP contribution in [0.2, 0.25) is 5.02 Å². The van der Waals surface area contributed by atoms with Crippen molar-refractivity contribution in [1.29, 1.82) is 0 Å². The van der Waals surface area contributed by atoms with Crippen molar-refractivity contribution in [3.63, 3.8) is 0 Å². The number of nitrogen functional groups attached to an aromatic ring is 1. The molecule has 0 bridgehead atoms. The van der Waals surface area contributed by atoms with E-state index in [1.54, 1.807) is 12.4 Å². The second kappa shape index (κ2) is 5.26. The van der Waals surface area contributed by atoms with Crippen LogP contribution in [0.1, 0.15) is 0 Å². The van der Waals surface area contributed by atoms with Crippen LogP contribution in [-0.4, -0.2) is 15.2 Å². The minimum Gasteiger partial charge on any atom is -0.382 e. The SMILES string of the molecule is Nc1n[nH]c(-c2cc(Br)ccc2Cl)c1-c1ccncc1. The zero-order chi connectivity index (χ0) is 14.1. The van der Waals surface area contributed by atoms with Gasteiger partial charge in [-0.3, -0.25) is 10.1 Å². The Morgan fingerprint density at radius 1 is 1.15 bits per heavy atom. The first-order valence-electron chi connectivity index (χ1n) is 5.86. The summed E-state index contributed by atoms with van der Waals surface area (Å²) in [6, 6.07) is 9.42. The fourth-order valence-corrected chi connectivity index (χ4v) is 2.62. The second-order valence-corrected chi connectivity index (χ2v) is 5.54. The molecule has 2 aromatic heterocycles. The van der Waals surface area contributed by atoms with E-state index in [-0.39, 0.29) is 0 Å². The standard InChI is InChI=1S/C14H10BrClN4/c15-9-1-2-11(16)10(7-9)13-12(14(17)20-19-13)8-3-5-18-6-4-8/h1-7H,(H3,17,19,20). The number of nitrogens with two attached hydrogens (primary N) is 1. The smallest absolute Gasteiger partial charge is 0.153 e. The van der Waals surface area contributed by atoms with Crippen molar-refractivity contribution in [3.05, 3.63) is 52.2 Å². The van der Waals surface area contributed by atoms with Crippen LogP contribution in [0.4, 0.5) is 5.82 Å². The van der Waals surface area contributed by atoms with Crippen molar-refractivity contribution in [2.45, 2.75) is 0 Å². The van der Waals surface area contributed by atoms with E-state index in [4.69, 9.17) is 17.3 Å². The molecule has 0 saturated carbocycles. The third-order valence-corrected chi connectivity index (χ3v) is 3.78. The van der Waals surface area contributed by atoms with Crippen molar-refractivity contribution >= 4 is 33.3 Å². The Balaban J connectivity index is 2.24. The van der Waals surface area contributed by atoms with Gasteiger partial charge in [-0.1, -0.05) is 27.5 Å². The van der Waals surface area contributed by atoms with Crippen LogP contribution < -0.4 is 5.73 Å². The first-order valence-corrected chi connectivity index (χ1v) is 7.03. The Morgan fingerprint density at radius 3 is 2.65 bits per heavy atom. The summed E-state index contributed by atoms with van der Waals surface area (Å²) >= 11 is 9.72. The van der Waals surface area contributed by atoms with Gasteiger partial charge >= 0.3 is 0 Å². The first-order chi connectivity index (χ1) is 9.66. The van der Waals surface area contributed by atoms with Crippen LogP contribution in [0, 0.1) is 0 Å². The number of pyridine rings is 1. The molecule has 3 N–H and O–H groups in total. The molecule has 100 valence electrons. The maximum absolute atomic E-state index is 6.28. The molecule has 2 heterocycles. The number of aromatic amines is 1. The van der Waals surface area contributed by atoms with E-state index in [1.807, 2.05) is 30.3 Å². The predicted octanol–water partition coefficient (Wildman–Crippen LogP) is 4.14. The van der Waals surface area contributed by atoms with E-state index < -0.39 is 0 Å². The summed E-state index contributed by atoms with van der Waals surface area (Å²) in [6.07, 6.45) is 3.43. The second-order valence-electron chi connectivity index (χ2n) is 4.22. The lowest BCUT2D eigenvalue weighted by atomic mass is 10.0. The molecule has 0 aliphatic heterocycles. The topological polar surface area (TPSA) is 67.6 Å². The monoisotopic (exact) mass is 348 g/mol. The quantitative estimate of drug-likeness (QED) is 0.730. The molecule has 0 unspecified atom stereocenters. The molecular formula is C14H10BrClN4. The number of hydrogen-bond donors (Lipinski definition) is 2. The van der Waals surface area contributed by atoms with Crippen molar-refractivity contribution < 1.29 is 0 Å². The van der Waals surface area contributed by atoms with Gasteiger partial charge in [-0.15, -0.1) is 0 Å². The Morgan fingerprint density at radius 2 is 1.90 bits per heavy atom. The summed E-state index contributed by atoms with van der Waals surface area (Å²) in [7, 11) is 0. The fraction of sp³-hybridized carbons (Fsp3) is 0. The lowest BCUT2D eigenvalue weighted by molar-refractivity contribution is 1.10. The maximum atomic E-state index is 6.28. The normalized spacial score (nSPS) is 10.7. The highest BCUT2D eigenvalue weighted by atomic mass is 79.9. The number of nitrogens with zero attached hydrogens (tertiary/aromatic N) is 2. The molecule has 0 radical (unpaired) electrons. The lowest BCUT2D eigenvalue weighted by Crippen LogP contribution is -1.89. The number of H-pyrrole nitrogens is 1. The van der Waals surface area contributed by atoms with Crippen molar-refractivity contribution in [1.82, 2.24) is 15.2 Å². The van der Waals surface area contributed by atoms with Crippen molar-refractivity contribution in [2.75, 3.05) is 5.73 Å². The number of halogens is 2. The molecule has 0 fully saturated rings. The molecule has 20 heavy (non-hydrogen) atoms. The average molecular weight is 350 g/mol. The van der Waals surface area contributed by atoms with Gasteiger partial charge in [0, 0.05) is 22.4 Å². The van der Waals surface area contributed by atoms with Crippen molar-refractivity contribution in [3.8, 4) is 22.4 Å². The Labute approximate surface area is 129 Å². The van der Waals surface area contributed by atoms with E-state index in [9.17, 15) is 0 Å². The molecule has 0 amide bonds. The van der Waals surface area contributed by atoms with Gasteiger partial charge in [0.15, 0.2) is 5.82 Å². The Bertz CT molecular complexity index is 755. The van der Waals surface area contributed by atoms with Crippen LogP contribution in [0.25, 0.3) is 22.4 Å². The third-order valence-electron chi connectivity index (χ3n) is 2.96. The molecule has 0 spiro atoms. The molecule has 0 aliphatic carbocycles. The van der Waals surface area contributed by atoms with Crippen LogP contribution in [-0.2, 0) is 0 Å². The van der Waals surface area contributed by atoms with Gasteiger partial charge in [-0.2, -0.15) is 5.10 Å². The largest absolute Gasteiger partial charge is 0.382 e. The molecule has 4 nitrogen and oxygen atoms in total. The molecule has 0 aliphatic rings. The van der Waals surface area contributed by atoms with Gasteiger partial charge in [0.25, 0.3) is 0 Å². The molecule has 1 aromatic carbocycles. The molecule has 6 heteroatoms. The third kappa shape index (κ3) is 2.30. The van der Waals surface area contributed by atoms with Crippen LogP contribution in [0.15, 0.2) is 47.2 Å². The number of nitrogens with one attached hydrogen (secondary N) is 1. The van der Waals surface area contributed by atoms with Crippen LogP contribution in [0.3, 0.4) is 0 Å². The van der Waals surface area contributed by atoms with E-state index >= 15 is 0 Å². The molecule has 0 saturated heterocycles. The van der Waals surface area contributed by atoms with Gasteiger partial charge in [0.05, 0.1) is 16.3 Å². The number of anilines is 1.